The van der Waals surface area contributed by atoms with Gasteiger partial charge in [-0.1, -0.05) is 0 Å². The van der Waals surface area contributed by atoms with E-state index in [2.05, 4.69) is 0 Å². The molecule has 2 saturated heterocycles. The summed E-state index contributed by atoms with van der Waals surface area (Å²) in [7, 11) is 3.58. The van der Waals surface area contributed by atoms with E-state index in [9.17, 15) is 4.79 Å². The maximum atomic E-state index is 11.8. The Bertz CT molecular complexity index is 314. The van der Waals surface area contributed by atoms with Crippen molar-refractivity contribution in [3.63, 3.8) is 0 Å². The second kappa shape index (κ2) is 6.09. The number of amides is 2. The van der Waals surface area contributed by atoms with Gasteiger partial charge in [0.2, 0.25) is 0 Å². The predicted molar refractivity (Wildman–Crippen MR) is 73.2 cm³/mol. The van der Waals surface area contributed by atoms with Crippen LogP contribution in [-0.4, -0.2) is 68.4 Å². The van der Waals surface area contributed by atoms with Crippen LogP contribution in [0.4, 0.5) is 4.79 Å². The Balaban J connectivity index is 1.78. The SMILES string of the molecule is CCOCCC1CCOC2(C1)CN(C(=O)N(C)C)C2. The minimum absolute atomic E-state index is 0.0686. The van der Waals surface area contributed by atoms with Gasteiger partial charge < -0.3 is 19.3 Å². The van der Waals surface area contributed by atoms with Gasteiger partial charge in [0.25, 0.3) is 0 Å². The first-order chi connectivity index (χ1) is 9.06. The molecule has 2 heterocycles. The van der Waals surface area contributed by atoms with E-state index >= 15 is 0 Å². The van der Waals surface area contributed by atoms with Crippen molar-refractivity contribution in [3.8, 4) is 0 Å². The number of hydrogen-bond acceptors (Lipinski definition) is 3. The molecular formula is C14H26N2O3. The van der Waals surface area contributed by atoms with Crippen LogP contribution in [0.25, 0.3) is 0 Å². The van der Waals surface area contributed by atoms with Crippen molar-refractivity contribution in [1.82, 2.24) is 9.80 Å². The lowest BCUT2D eigenvalue weighted by Crippen LogP contribution is -2.67. The maximum absolute atomic E-state index is 11.8. The lowest BCUT2D eigenvalue weighted by molar-refractivity contribution is -0.167. The number of nitrogens with zero attached hydrogens (tertiary/aromatic N) is 2. The second-order valence-electron chi connectivity index (χ2n) is 5.91. The van der Waals surface area contributed by atoms with E-state index in [1.54, 1.807) is 19.0 Å². The summed E-state index contributed by atoms with van der Waals surface area (Å²) in [5.41, 5.74) is -0.0686. The summed E-state index contributed by atoms with van der Waals surface area (Å²) in [5.74, 6) is 0.678. The minimum atomic E-state index is -0.0686. The molecule has 2 fully saturated rings. The number of ether oxygens (including phenoxy) is 2. The first-order valence-electron chi connectivity index (χ1n) is 7.24. The van der Waals surface area contributed by atoms with Gasteiger partial charge in [-0.25, -0.2) is 4.79 Å². The van der Waals surface area contributed by atoms with Gasteiger partial charge in [-0.05, 0) is 32.1 Å². The van der Waals surface area contributed by atoms with E-state index in [0.717, 1.165) is 52.2 Å². The highest BCUT2D eigenvalue weighted by molar-refractivity contribution is 5.75. The average molecular weight is 270 g/mol. The third-order valence-electron chi connectivity index (χ3n) is 4.08. The lowest BCUT2D eigenvalue weighted by Gasteiger charge is -2.53. The standard InChI is InChI=1S/C14H26N2O3/c1-4-18-7-5-12-6-8-19-14(9-12)10-16(11-14)13(17)15(2)3/h12H,4-11H2,1-3H3. The van der Waals surface area contributed by atoms with Crippen molar-refractivity contribution < 1.29 is 14.3 Å². The van der Waals surface area contributed by atoms with Gasteiger partial charge in [-0.15, -0.1) is 0 Å². The summed E-state index contributed by atoms with van der Waals surface area (Å²) in [6.45, 7) is 5.98. The fourth-order valence-electron chi connectivity index (χ4n) is 3.06. The molecule has 0 radical (unpaired) electrons. The van der Waals surface area contributed by atoms with E-state index < -0.39 is 0 Å². The van der Waals surface area contributed by atoms with Gasteiger partial charge in [0.1, 0.15) is 5.60 Å². The summed E-state index contributed by atoms with van der Waals surface area (Å²) >= 11 is 0. The van der Waals surface area contributed by atoms with Crippen molar-refractivity contribution in [2.24, 2.45) is 5.92 Å². The molecule has 0 aliphatic carbocycles. The molecule has 2 amide bonds. The highest BCUT2D eigenvalue weighted by Crippen LogP contribution is 2.38. The van der Waals surface area contributed by atoms with Gasteiger partial charge in [-0.3, -0.25) is 0 Å². The molecule has 1 unspecified atom stereocenters. The minimum Gasteiger partial charge on any atom is -0.382 e. The van der Waals surface area contributed by atoms with Crippen molar-refractivity contribution in [2.75, 3.05) is 47.0 Å². The molecule has 2 aliphatic rings. The number of hydrogen-bond donors (Lipinski definition) is 0. The smallest absolute Gasteiger partial charge is 0.319 e. The fourth-order valence-corrected chi connectivity index (χ4v) is 3.06. The predicted octanol–water partition coefficient (Wildman–Crippen LogP) is 1.58. The molecule has 0 aromatic rings. The lowest BCUT2D eigenvalue weighted by atomic mass is 9.79. The Hall–Kier alpha value is -0.810. The van der Waals surface area contributed by atoms with Crippen LogP contribution in [0.2, 0.25) is 0 Å². The number of rotatable bonds is 4. The zero-order valence-corrected chi connectivity index (χ0v) is 12.4. The maximum Gasteiger partial charge on any atom is 0.319 e. The van der Waals surface area contributed by atoms with Crippen LogP contribution in [0.3, 0.4) is 0 Å². The Kier molecular flexibility index (Phi) is 4.68. The van der Waals surface area contributed by atoms with Crippen LogP contribution in [0.15, 0.2) is 0 Å². The highest BCUT2D eigenvalue weighted by Gasteiger charge is 2.49. The molecule has 5 heteroatoms. The molecule has 5 nitrogen and oxygen atoms in total. The number of carbonyl (C=O) groups excluding carboxylic acids is 1. The summed E-state index contributed by atoms with van der Waals surface area (Å²) in [5, 5.41) is 0. The number of urea groups is 1. The molecule has 0 aromatic carbocycles. The van der Waals surface area contributed by atoms with Crippen LogP contribution < -0.4 is 0 Å². The average Bonchev–Trinajstić information content (AvgIpc) is 2.35. The van der Waals surface area contributed by atoms with E-state index in [0.29, 0.717) is 5.92 Å². The molecule has 2 aliphatic heterocycles. The Morgan fingerprint density at radius 2 is 2.21 bits per heavy atom. The molecule has 2 rings (SSSR count). The first kappa shape index (κ1) is 14.6. The molecule has 0 N–H and O–H groups in total. The zero-order chi connectivity index (χ0) is 13.9. The summed E-state index contributed by atoms with van der Waals surface area (Å²) in [4.78, 5) is 15.3. The Labute approximate surface area is 115 Å². The van der Waals surface area contributed by atoms with Crippen LogP contribution in [-0.2, 0) is 9.47 Å². The van der Waals surface area contributed by atoms with Crippen molar-refractivity contribution >= 4 is 6.03 Å². The van der Waals surface area contributed by atoms with Gasteiger partial charge in [0.15, 0.2) is 0 Å². The van der Waals surface area contributed by atoms with Gasteiger partial charge in [0, 0.05) is 33.9 Å². The van der Waals surface area contributed by atoms with E-state index in [-0.39, 0.29) is 11.6 Å². The van der Waals surface area contributed by atoms with E-state index in [1.165, 1.54) is 0 Å². The number of likely N-dealkylation sites (tertiary alicyclic amines) is 1. The van der Waals surface area contributed by atoms with Crippen LogP contribution in [0, 0.1) is 5.92 Å². The first-order valence-corrected chi connectivity index (χ1v) is 7.24. The third-order valence-corrected chi connectivity index (χ3v) is 4.08. The molecule has 0 saturated carbocycles. The Morgan fingerprint density at radius 1 is 1.47 bits per heavy atom. The molecule has 1 atom stereocenters. The molecule has 1 spiro atoms. The van der Waals surface area contributed by atoms with Gasteiger partial charge in [-0.2, -0.15) is 0 Å². The fraction of sp³-hybridized carbons (Fsp3) is 0.929. The monoisotopic (exact) mass is 270 g/mol. The summed E-state index contributed by atoms with van der Waals surface area (Å²) < 4.78 is 11.4. The third kappa shape index (κ3) is 3.39. The van der Waals surface area contributed by atoms with Gasteiger partial charge in [0.05, 0.1) is 13.1 Å². The van der Waals surface area contributed by atoms with Crippen molar-refractivity contribution in [1.29, 1.82) is 0 Å². The zero-order valence-electron chi connectivity index (χ0n) is 12.4. The van der Waals surface area contributed by atoms with E-state index in [4.69, 9.17) is 9.47 Å². The van der Waals surface area contributed by atoms with Crippen molar-refractivity contribution in [3.05, 3.63) is 0 Å². The van der Waals surface area contributed by atoms with Gasteiger partial charge >= 0.3 is 6.03 Å². The molecular weight excluding hydrogens is 244 g/mol. The second-order valence-corrected chi connectivity index (χ2v) is 5.91. The molecule has 0 bridgehead atoms. The molecule has 110 valence electrons. The summed E-state index contributed by atoms with van der Waals surface area (Å²) in [6.07, 6.45) is 3.30. The number of carbonyl (C=O) groups is 1. The summed E-state index contributed by atoms with van der Waals surface area (Å²) in [6, 6.07) is 0.0886. The van der Waals surface area contributed by atoms with Crippen LogP contribution >= 0.6 is 0 Å². The topological polar surface area (TPSA) is 42.0 Å². The normalized spacial score (nSPS) is 25.2. The highest BCUT2D eigenvalue weighted by atomic mass is 16.5. The van der Waals surface area contributed by atoms with Crippen LogP contribution in [0.5, 0.6) is 0 Å². The molecule has 0 aromatic heterocycles. The molecule has 19 heavy (non-hydrogen) atoms. The van der Waals surface area contributed by atoms with Crippen LogP contribution in [0.1, 0.15) is 26.2 Å². The quantitative estimate of drug-likeness (QED) is 0.728. The van der Waals surface area contributed by atoms with E-state index in [1.807, 2.05) is 11.8 Å². The largest absolute Gasteiger partial charge is 0.382 e. The van der Waals surface area contributed by atoms with Crippen molar-refractivity contribution in [2.45, 2.75) is 31.8 Å². The Morgan fingerprint density at radius 3 is 2.84 bits per heavy atom.